The predicted octanol–water partition coefficient (Wildman–Crippen LogP) is 2.95. The Bertz CT molecular complexity index is 740. The van der Waals surface area contributed by atoms with Crippen LogP contribution >= 0.6 is 0 Å². The minimum Gasteiger partial charge on any atom is -0.343 e. The lowest BCUT2D eigenvalue weighted by Crippen LogP contribution is -2.33. The molecule has 0 radical (unpaired) electrons. The Morgan fingerprint density at radius 1 is 1.04 bits per heavy atom. The molecule has 0 saturated carbocycles. The Morgan fingerprint density at radius 2 is 1.70 bits per heavy atom. The monoisotopic (exact) mass is 318 g/mol. The van der Waals surface area contributed by atoms with E-state index in [1.54, 1.807) is 0 Å². The highest BCUT2D eigenvalue weighted by atomic mass is 19.1. The average molecular weight is 318 g/mol. The number of hydrogen-bond donors (Lipinski definition) is 2. The van der Waals surface area contributed by atoms with E-state index in [2.05, 4.69) is 10.6 Å². The topological polar surface area (TPSA) is 58.2 Å². The van der Waals surface area contributed by atoms with Gasteiger partial charge < -0.3 is 10.6 Å². The van der Waals surface area contributed by atoms with Gasteiger partial charge in [-0.3, -0.25) is 9.59 Å². The lowest BCUT2D eigenvalue weighted by atomic mass is 10.1. The first-order valence-corrected chi connectivity index (χ1v) is 6.98. The van der Waals surface area contributed by atoms with Crippen molar-refractivity contribution in [3.8, 4) is 0 Å². The van der Waals surface area contributed by atoms with Gasteiger partial charge in [-0.15, -0.1) is 0 Å². The number of halogens is 2. The summed E-state index contributed by atoms with van der Waals surface area (Å²) >= 11 is 0. The van der Waals surface area contributed by atoms with Crippen LogP contribution in [0.1, 0.15) is 21.5 Å². The van der Waals surface area contributed by atoms with Gasteiger partial charge in [0.2, 0.25) is 5.91 Å². The van der Waals surface area contributed by atoms with Gasteiger partial charge >= 0.3 is 0 Å². The third kappa shape index (κ3) is 4.12. The molecule has 4 nitrogen and oxygen atoms in total. The number of aryl methyl sites for hydroxylation is 2. The smallest absolute Gasteiger partial charge is 0.254 e. The fourth-order valence-electron chi connectivity index (χ4n) is 2.12. The third-order valence-electron chi connectivity index (χ3n) is 3.33. The van der Waals surface area contributed by atoms with Crippen molar-refractivity contribution in [2.75, 3.05) is 11.9 Å². The highest BCUT2D eigenvalue weighted by Gasteiger charge is 2.14. The summed E-state index contributed by atoms with van der Waals surface area (Å²) in [5.74, 6) is -2.96. The summed E-state index contributed by atoms with van der Waals surface area (Å²) in [6.45, 7) is 3.40. The summed E-state index contributed by atoms with van der Waals surface area (Å²) in [4.78, 5) is 23.7. The molecule has 0 aliphatic carbocycles. The zero-order valence-electron chi connectivity index (χ0n) is 12.7. The molecule has 0 spiro atoms. The Hall–Kier alpha value is -2.76. The van der Waals surface area contributed by atoms with E-state index >= 15 is 0 Å². The van der Waals surface area contributed by atoms with E-state index in [9.17, 15) is 18.4 Å². The predicted molar refractivity (Wildman–Crippen MR) is 83.2 cm³/mol. The number of amides is 2. The maximum atomic E-state index is 13.5. The Balaban J connectivity index is 1.98. The first-order chi connectivity index (χ1) is 10.9. The van der Waals surface area contributed by atoms with Crippen LogP contribution in [-0.4, -0.2) is 18.4 Å². The van der Waals surface area contributed by atoms with Crippen molar-refractivity contribution >= 4 is 17.5 Å². The van der Waals surface area contributed by atoms with Gasteiger partial charge in [-0.1, -0.05) is 18.2 Å². The normalized spacial score (nSPS) is 10.3. The summed E-state index contributed by atoms with van der Waals surface area (Å²) < 4.78 is 26.3. The van der Waals surface area contributed by atoms with Crippen molar-refractivity contribution in [3.05, 3.63) is 64.7 Å². The molecule has 120 valence electrons. The molecule has 2 rings (SSSR count). The van der Waals surface area contributed by atoms with E-state index in [0.29, 0.717) is 11.8 Å². The average Bonchev–Trinajstić information content (AvgIpc) is 2.49. The number of carbonyl (C=O) groups excluding carboxylic acids is 2. The standard InChI is InChI=1S/C17H16F2N2O2/c1-10-4-3-5-11(2)16(10)21-15(22)9-20-17(23)13-7-6-12(18)8-14(13)19/h3-8H,9H2,1-2H3,(H,20,23)(H,21,22). The first kappa shape index (κ1) is 16.6. The van der Waals surface area contributed by atoms with Crippen LogP contribution in [0, 0.1) is 25.5 Å². The highest BCUT2D eigenvalue weighted by Crippen LogP contribution is 2.19. The fraction of sp³-hybridized carbons (Fsp3) is 0.176. The largest absolute Gasteiger partial charge is 0.343 e. The molecule has 0 aliphatic rings. The van der Waals surface area contributed by atoms with E-state index < -0.39 is 23.4 Å². The van der Waals surface area contributed by atoms with Crippen molar-refractivity contribution in [1.82, 2.24) is 5.32 Å². The van der Waals surface area contributed by atoms with E-state index in [1.807, 2.05) is 32.0 Å². The number of nitrogens with one attached hydrogen (secondary N) is 2. The molecule has 0 aromatic heterocycles. The van der Waals surface area contributed by atoms with Gasteiger partial charge in [0.15, 0.2) is 0 Å². The van der Waals surface area contributed by atoms with Crippen LogP contribution in [0.3, 0.4) is 0 Å². The number of hydrogen-bond acceptors (Lipinski definition) is 2. The van der Waals surface area contributed by atoms with Crippen LogP contribution in [0.2, 0.25) is 0 Å². The van der Waals surface area contributed by atoms with E-state index in [-0.39, 0.29) is 12.1 Å². The minimum absolute atomic E-state index is 0.314. The molecule has 2 aromatic rings. The van der Waals surface area contributed by atoms with Gasteiger partial charge in [-0.2, -0.15) is 0 Å². The van der Waals surface area contributed by atoms with Gasteiger partial charge in [0.25, 0.3) is 5.91 Å². The molecule has 2 amide bonds. The molecule has 2 N–H and O–H groups in total. The van der Waals surface area contributed by atoms with Crippen LogP contribution in [0.5, 0.6) is 0 Å². The van der Waals surface area contributed by atoms with E-state index in [4.69, 9.17) is 0 Å². The zero-order valence-corrected chi connectivity index (χ0v) is 12.7. The Kier molecular flexibility index (Phi) is 5.05. The maximum Gasteiger partial charge on any atom is 0.254 e. The second-order valence-corrected chi connectivity index (χ2v) is 5.12. The molecule has 0 heterocycles. The van der Waals surface area contributed by atoms with Crippen molar-refractivity contribution in [2.24, 2.45) is 0 Å². The number of anilines is 1. The van der Waals surface area contributed by atoms with Crippen molar-refractivity contribution in [3.63, 3.8) is 0 Å². The summed E-state index contributed by atoms with van der Waals surface area (Å²) in [6, 6.07) is 8.22. The highest BCUT2D eigenvalue weighted by molar-refractivity contribution is 5.99. The van der Waals surface area contributed by atoms with Gasteiger partial charge in [0, 0.05) is 11.8 Å². The van der Waals surface area contributed by atoms with Gasteiger partial charge in [-0.05, 0) is 37.1 Å². The molecule has 0 aliphatic heterocycles. The summed E-state index contributed by atoms with van der Waals surface area (Å²) in [6.07, 6.45) is 0. The molecule has 0 unspecified atom stereocenters. The van der Waals surface area contributed by atoms with Crippen molar-refractivity contribution in [1.29, 1.82) is 0 Å². The zero-order chi connectivity index (χ0) is 17.0. The van der Waals surface area contributed by atoms with Crippen LogP contribution in [0.4, 0.5) is 14.5 Å². The molecule has 0 saturated heterocycles. The quantitative estimate of drug-likeness (QED) is 0.910. The summed E-state index contributed by atoms with van der Waals surface area (Å²) in [5.41, 5.74) is 2.16. The Labute approximate surface area is 132 Å². The SMILES string of the molecule is Cc1cccc(C)c1NC(=O)CNC(=O)c1ccc(F)cc1F. The lowest BCUT2D eigenvalue weighted by Gasteiger charge is -2.12. The molecule has 0 atom stereocenters. The molecule has 0 fully saturated rings. The Morgan fingerprint density at radius 3 is 2.30 bits per heavy atom. The maximum absolute atomic E-state index is 13.5. The number of carbonyl (C=O) groups is 2. The molecule has 6 heteroatoms. The summed E-state index contributed by atoms with van der Waals surface area (Å²) in [7, 11) is 0. The van der Waals surface area contributed by atoms with Gasteiger partial charge in [-0.25, -0.2) is 8.78 Å². The second kappa shape index (κ2) is 7.00. The molecule has 23 heavy (non-hydrogen) atoms. The van der Waals surface area contributed by atoms with Crippen LogP contribution in [0.15, 0.2) is 36.4 Å². The van der Waals surface area contributed by atoms with E-state index in [0.717, 1.165) is 23.3 Å². The number of benzene rings is 2. The van der Waals surface area contributed by atoms with Crippen molar-refractivity contribution in [2.45, 2.75) is 13.8 Å². The van der Waals surface area contributed by atoms with Gasteiger partial charge in [0.1, 0.15) is 11.6 Å². The van der Waals surface area contributed by atoms with Crippen LogP contribution in [0.25, 0.3) is 0 Å². The molecular formula is C17H16F2N2O2. The van der Waals surface area contributed by atoms with Crippen LogP contribution in [-0.2, 0) is 4.79 Å². The van der Waals surface area contributed by atoms with E-state index in [1.165, 1.54) is 0 Å². The minimum atomic E-state index is -0.974. The molecule has 0 bridgehead atoms. The first-order valence-electron chi connectivity index (χ1n) is 6.98. The second-order valence-electron chi connectivity index (χ2n) is 5.12. The van der Waals surface area contributed by atoms with Crippen molar-refractivity contribution < 1.29 is 18.4 Å². The van der Waals surface area contributed by atoms with Crippen LogP contribution < -0.4 is 10.6 Å². The number of para-hydroxylation sites is 1. The fourth-order valence-corrected chi connectivity index (χ4v) is 2.12. The summed E-state index contributed by atoms with van der Waals surface area (Å²) in [5, 5.41) is 5.01. The third-order valence-corrected chi connectivity index (χ3v) is 3.33. The number of rotatable bonds is 4. The molecule has 2 aromatic carbocycles. The lowest BCUT2D eigenvalue weighted by molar-refractivity contribution is -0.115. The molecular weight excluding hydrogens is 302 g/mol. The van der Waals surface area contributed by atoms with Gasteiger partial charge in [0.05, 0.1) is 12.1 Å².